The van der Waals surface area contributed by atoms with Crippen molar-refractivity contribution in [3.63, 3.8) is 0 Å². The summed E-state index contributed by atoms with van der Waals surface area (Å²) in [5.74, 6) is -0.402. The number of hydrogen-bond donors (Lipinski definition) is 2. The Balaban J connectivity index is 1.65. The normalized spacial score (nSPS) is 11.3. The van der Waals surface area contributed by atoms with Crippen LogP contribution in [0.15, 0.2) is 84.1 Å². The number of hydrogen-bond acceptors (Lipinski definition) is 5. The molecule has 0 spiro atoms. The molecule has 0 radical (unpaired) electrons. The van der Waals surface area contributed by atoms with E-state index in [4.69, 9.17) is 10.2 Å². The molecule has 0 atom stereocenters. The van der Waals surface area contributed by atoms with Crippen molar-refractivity contribution in [2.75, 3.05) is 0 Å². The molecule has 2 aromatic heterocycles. The molecule has 4 aromatic rings. The van der Waals surface area contributed by atoms with Crippen LogP contribution >= 0.6 is 0 Å². The number of aryl methyl sites for hydroxylation is 1. The monoisotopic (exact) mass is 447 g/mol. The molecule has 162 valence electrons. The van der Waals surface area contributed by atoms with Crippen LogP contribution in [0.2, 0.25) is 0 Å². The summed E-state index contributed by atoms with van der Waals surface area (Å²) in [6, 6.07) is 17.6. The number of carbonyl (C=O) groups is 1. The van der Waals surface area contributed by atoms with Gasteiger partial charge < -0.3 is 5.32 Å². The Morgan fingerprint density at radius 1 is 1.06 bits per heavy atom. The fourth-order valence-electron chi connectivity index (χ4n) is 3.30. The number of nitrogens with one attached hydrogen (secondary N) is 1. The average molecular weight is 448 g/mol. The molecular weight excluding hydrogens is 426 g/mol. The molecule has 4 rings (SSSR count). The molecule has 3 N–H and O–H groups in total. The van der Waals surface area contributed by atoms with Crippen LogP contribution in [-0.4, -0.2) is 29.1 Å². The van der Waals surface area contributed by atoms with Gasteiger partial charge in [-0.15, -0.1) is 0 Å². The minimum Gasteiger partial charge on any atom is -0.348 e. The number of benzene rings is 2. The molecule has 0 unspecified atom stereocenters. The second-order valence-corrected chi connectivity index (χ2v) is 8.78. The lowest BCUT2D eigenvalue weighted by Crippen LogP contribution is -2.24. The van der Waals surface area contributed by atoms with Crippen LogP contribution in [0.4, 0.5) is 0 Å². The summed E-state index contributed by atoms with van der Waals surface area (Å²) < 4.78 is 25.1. The number of pyridine rings is 1. The molecule has 0 fully saturated rings. The van der Waals surface area contributed by atoms with Crippen molar-refractivity contribution in [1.29, 1.82) is 0 Å². The van der Waals surface area contributed by atoms with Gasteiger partial charge in [-0.3, -0.25) is 9.78 Å². The lowest BCUT2D eigenvalue weighted by atomic mass is 10.1. The van der Waals surface area contributed by atoms with Gasteiger partial charge in [-0.05, 0) is 48.9 Å². The second kappa shape index (κ2) is 8.74. The maximum atomic E-state index is 12.9. The largest absolute Gasteiger partial charge is 0.348 e. The number of sulfonamides is 1. The highest BCUT2D eigenvalue weighted by Crippen LogP contribution is 2.23. The van der Waals surface area contributed by atoms with E-state index in [-0.39, 0.29) is 17.0 Å². The Labute approximate surface area is 185 Å². The van der Waals surface area contributed by atoms with Gasteiger partial charge in [0.2, 0.25) is 10.0 Å². The van der Waals surface area contributed by atoms with Crippen molar-refractivity contribution in [3.8, 4) is 16.9 Å². The summed E-state index contributed by atoms with van der Waals surface area (Å²) in [4.78, 5) is 16.8. The molecule has 0 aliphatic heterocycles. The van der Waals surface area contributed by atoms with Crippen molar-refractivity contribution in [2.24, 2.45) is 5.14 Å². The van der Waals surface area contributed by atoms with Crippen LogP contribution < -0.4 is 10.5 Å². The molecule has 0 bridgehead atoms. The first kappa shape index (κ1) is 21.4. The molecule has 8 nitrogen and oxygen atoms in total. The zero-order valence-electron chi connectivity index (χ0n) is 17.3. The third kappa shape index (κ3) is 4.58. The van der Waals surface area contributed by atoms with Gasteiger partial charge in [0.15, 0.2) is 0 Å². The van der Waals surface area contributed by atoms with E-state index in [0.717, 1.165) is 16.8 Å². The van der Waals surface area contributed by atoms with Crippen LogP contribution in [0.5, 0.6) is 0 Å². The third-order valence-corrected chi connectivity index (χ3v) is 5.90. The smallest absolute Gasteiger partial charge is 0.251 e. The first-order valence-corrected chi connectivity index (χ1v) is 11.3. The second-order valence-electron chi connectivity index (χ2n) is 7.22. The number of nitrogens with two attached hydrogens (primary N) is 1. The van der Waals surface area contributed by atoms with Crippen molar-refractivity contribution in [3.05, 3.63) is 95.9 Å². The van der Waals surface area contributed by atoms with E-state index >= 15 is 0 Å². The van der Waals surface area contributed by atoms with Gasteiger partial charge in [-0.2, -0.15) is 5.10 Å². The van der Waals surface area contributed by atoms with Crippen LogP contribution in [0.3, 0.4) is 0 Å². The number of para-hydroxylation sites is 1. The van der Waals surface area contributed by atoms with Crippen LogP contribution in [-0.2, 0) is 16.6 Å². The van der Waals surface area contributed by atoms with Gasteiger partial charge in [0, 0.05) is 41.8 Å². The molecule has 9 heteroatoms. The van der Waals surface area contributed by atoms with E-state index in [9.17, 15) is 13.2 Å². The Morgan fingerprint density at radius 3 is 2.47 bits per heavy atom. The Hall–Kier alpha value is -3.82. The molecule has 0 saturated carbocycles. The number of primary sulfonamides is 1. The zero-order valence-corrected chi connectivity index (χ0v) is 18.1. The number of rotatable bonds is 6. The van der Waals surface area contributed by atoms with Gasteiger partial charge in [-0.25, -0.2) is 18.2 Å². The zero-order chi connectivity index (χ0) is 22.7. The maximum Gasteiger partial charge on any atom is 0.251 e. The molecule has 0 aliphatic carbocycles. The van der Waals surface area contributed by atoms with E-state index in [1.807, 2.05) is 48.7 Å². The lowest BCUT2D eigenvalue weighted by Gasteiger charge is -2.09. The summed E-state index contributed by atoms with van der Waals surface area (Å²) in [6.45, 7) is 1.93. The predicted molar refractivity (Wildman–Crippen MR) is 121 cm³/mol. The van der Waals surface area contributed by atoms with Crippen LogP contribution in [0.1, 0.15) is 21.5 Å². The number of amides is 1. The van der Waals surface area contributed by atoms with E-state index in [1.54, 1.807) is 30.1 Å². The van der Waals surface area contributed by atoms with E-state index in [2.05, 4.69) is 10.3 Å². The maximum absolute atomic E-state index is 12.9. The first-order chi connectivity index (χ1) is 15.3. The summed E-state index contributed by atoms with van der Waals surface area (Å²) >= 11 is 0. The minimum absolute atomic E-state index is 0.109. The highest BCUT2D eigenvalue weighted by molar-refractivity contribution is 7.89. The van der Waals surface area contributed by atoms with Gasteiger partial charge >= 0.3 is 0 Å². The quantitative estimate of drug-likeness (QED) is 0.471. The molecule has 32 heavy (non-hydrogen) atoms. The topological polar surface area (TPSA) is 120 Å². The van der Waals surface area contributed by atoms with Crippen LogP contribution in [0, 0.1) is 6.92 Å². The number of aromatic nitrogens is 3. The van der Waals surface area contributed by atoms with Gasteiger partial charge in [0.05, 0.1) is 16.3 Å². The van der Waals surface area contributed by atoms with Gasteiger partial charge in [0.1, 0.15) is 0 Å². The standard InChI is InChI=1S/C23H21N5O3S/c1-16-7-8-20(32(24,30)31)13-21(16)23(29)26-14-18-15-28(19-5-3-2-4-6-19)27-22(18)17-9-11-25-12-10-17/h2-13,15H,14H2,1H3,(H,26,29)(H2,24,30,31). The highest BCUT2D eigenvalue weighted by Gasteiger charge is 2.17. The molecule has 2 aromatic carbocycles. The predicted octanol–water partition coefficient (Wildman–Crippen LogP) is 2.82. The lowest BCUT2D eigenvalue weighted by molar-refractivity contribution is 0.0950. The van der Waals surface area contributed by atoms with Gasteiger partial charge in [-0.1, -0.05) is 24.3 Å². The Kier molecular flexibility index (Phi) is 5.85. The van der Waals surface area contributed by atoms with Crippen LogP contribution in [0.25, 0.3) is 16.9 Å². The minimum atomic E-state index is -3.91. The van der Waals surface area contributed by atoms with Crippen molar-refractivity contribution < 1.29 is 13.2 Å². The summed E-state index contributed by atoms with van der Waals surface area (Å²) in [5.41, 5.74) is 4.16. The van der Waals surface area contributed by atoms with Gasteiger partial charge in [0.25, 0.3) is 5.91 Å². The number of carbonyl (C=O) groups excluding carboxylic acids is 1. The van der Waals surface area contributed by atoms with E-state index < -0.39 is 15.9 Å². The molecule has 1 amide bonds. The summed E-state index contributed by atoms with van der Waals surface area (Å²) in [6.07, 6.45) is 5.22. The SMILES string of the molecule is Cc1ccc(S(N)(=O)=O)cc1C(=O)NCc1cn(-c2ccccc2)nc1-c1ccncc1. The summed E-state index contributed by atoms with van der Waals surface area (Å²) in [5, 5.41) is 12.8. The molecule has 0 saturated heterocycles. The first-order valence-electron chi connectivity index (χ1n) is 9.79. The highest BCUT2D eigenvalue weighted by atomic mass is 32.2. The van der Waals surface area contributed by atoms with E-state index in [0.29, 0.717) is 11.3 Å². The molecular formula is C23H21N5O3S. The molecule has 2 heterocycles. The van der Waals surface area contributed by atoms with Crippen molar-refractivity contribution >= 4 is 15.9 Å². The third-order valence-electron chi connectivity index (χ3n) is 4.99. The average Bonchev–Trinajstić information content (AvgIpc) is 3.22. The summed E-state index contributed by atoms with van der Waals surface area (Å²) in [7, 11) is -3.91. The Morgan fingerprint density at radius 2 is 1.78 bits per heavy atom. The molecule has 0 aliphatic rings. The van der Waals surface area contributed by atoms with Crippen molar-refractivity contribution in [1.82, 2.24) is 20.1 Å². The number of nitrogens with zero attached hydrogens (tertiary/aromatic N) is 3. The fraction of sp³-hybridized carbons (Fsp3) is 0.0870. The Bertz CT molecular complexity index is 1370. The van der Waals surface area contributed by atoms with Crippen molar-refractivity contribution in [2.45, 2.75) is 18.4 Å². The fourth-order valence-corrected chi connectivity index (χ4v) is 3.84. The van der Waals surface area contributed by atoms with E-state index in [1.165, 1.54) is 12.1 Å².